The second-order valence-corrected chi connectivity index (χ2v) is 6.25. The Morgan fingerprint density at radius 2 is 2.09 bits per heavy atom. The number of rotatable bonds is 4. The Bertz CT molecular complexity index is 735. The highest BCUT2D eigenvalue weighted by Gasteiger charge is 2.28. The first-order valence-corrected chi connectivity index (χ1v) is 8.14. The number of carboxylic acid groups (broad SMARTS) is 1. The number of carboxylic acids is 1. The van der Waals surface area contributed by atoms with Crippen molar-refractivity contribution in [1.29, 1.82) is 0 Å². The van der Waals surface area contributed by atoms with Gasteiger partial charge in [-0.05, 0) is 43.9 Å². The predicted octanol–water partition coefficient (Wildman–Crippen LogP) is 3.04. The molecule has 1 atom stereocenters. The molecule has 1 fully saturated rings. The molecule has 1 unspecified atom stereocenters. The molecule has 1 aromatic carbocycles. The van der Waals surface area contributed by atoms with Gasteiger partial charge in [0.05, 0.1) is 0 Å². The van der Waals surface area contributed by atoms with Gasteiger partial charge >= 0.3 is 5.97 Å². The third kappa shape index (κ3) is 3.09. The average Bonchev–Trinajstić information content (AvgIpc) is 2.94. The van der Waals surface area contributed by atoms with Crippen LogP contribution in [-0.4, -0.2) is 39.0 Å². The van der Waals surface area contributed by atoms with Crippen molar-refractivity contribution in [2.75, 3.05) is 6.54 Å². The summed E-state index contributed by atoms with van der Waals surface area (Å²) in [5.41, 5.74) is 1.75. The first-order valence-electron chi connectivity index (χ1n) is 8.14. The van der Waals surface area contributed by atoms with Crippen molar-refractivity contribution in [2.45, 2.75) is 38.1 Å². The quantitative estimate of drug-likeness (QED) is 0.943. The van der Waals surface area contributed by atoms with E-state index < -0.39 is 5.97 Å². The van der Waals surface area contributed by atoms with Crippen molar-refractivity contribution in [3.8, 4) is 0 Å². The highest BCUT2D eigenvalue weighted by atomic mass is 16.4. The molecule has 5 heteroatoms. The zero-order valence-corrected chi connectivity index (χ0v) is 13.4. The summed E-state index contributed by atoms with van der Waals surface area (Å²) in [5.74, 6) is -0.773. The normalized spacial score (nSPS) is 18.3. The van der Waals surface area contributed by atoms with Gasteiger partial charge in [0.15, 0.2) is 0 Å². The number of aliphatic carboxylic acids is 1. The summed E-state index contributed by atoms with van der Waals surface area (Å²) in [4.78, 5) is 25.8. The van der Waals surface area contributed by atoms with Crippen molar-refractivity contribution in [3.05, 3.63) is 36.0 Å². The minimum absolute atomic E-state index is 0.0249. The number of carbonyl (C=O) groups is 2. The van der Waals surface area contributed by atoms with Crippen molar-refractivity contribution in [3.63, 3.8) is 0 Å². The lowest BCUT2D eigenvalue weighted by atomic mass is 9.96. The van der Waals surface area contributed by atoms with Crippen molar-refractivity contribution >= 4 is 22.8 Å². The first-order chi connectivity index (χ1) is 11.1. The second-order valence-electron chi connectivity index (χ2n) is 6.25. The lowest BCUT2D eigenvalue weighted by molar-refractivity contribution is -0.137. The number of piperidine rings is 1. The van der Waals surface area contributed by atoms with E-state index in [1.54, 1.807) is 0 Å². The van der Waals surface area contributed by atoms with Crippen LogP contribution in [0.3, 0.4) is 0 Å². The molecule has 0 saturated carbocycles. The molecule has 0 bridgehead atoms. The van der Waals surface area contributed by atoms with Crippen LogP contribution in [0.25, 0.3) is 10.9 Å². The zero-order chi connectivity index (χ0) is 16.4. The molecule has 122 valence electrons. The molecule has 1 aliphatic rings. The number of aromatic nitrogens is 1. The van der Waals surface area contributed by atoms with Gasteiger partial charge in [0.2, 0.25) is 0 Å². The van der Waals surface area contributed by atoms with E-state index in [0.717, 1.165) is 30.2 Å². The number of amides is 1. The number of nitrogens with zero attached hydrogens (tertiary/aromatic N) is 2. The Morgan fingerprint density at radius 3 is 2.87 bits per heavy atom. The highest BCUT2D eigenvalue weighted by Crippen LogP contribution is 2.26. The van der Waals surface area contributed by atoms with E-state index >= 15 is 0 Å². The molecule has 1 aromatic heterocycles. The molecular weight excluding hydrogens is 292 g/mol. The van der Waals surface area contributed by atoms with Gasteiger partial charge in [-0.15, -0.1) is 0 Å². The number of carbonyl (C=O) groups excluding carboxylic acids is 1. The van der Waals surface area contributed by atoms with E-state index in [-0.39, 0.29) is 18.4 Å². The van der Waals surface area contributed by atoms with E-state index in [9.17, 15) is 9.59 Å². The number of hydrogen-bond acceptors (Lipinski definition) is 2. The lowest BCUT2D eigenvalue weighted by Gasteiger charge is -2.36. The Balaban J connectivity index is 1.88. The summed E-state index contributed by atoms with van der Waals surface area (Å²) in [7, 11) is 1.97. The maximum Gasteiger partial charge on any atom is 0.303 e. The summed E-state index contributed by atoms with van der Waals surface area (Å²) < 4.78 is 2.00. The Kier molecular flexibility index (Phi) is 4.37. The molecule has 2 heterocycles. The fraction of sp³-hybridized carbons (Fsp3) is 0.444. The fourth-order valence-electron chi connectivity index (χ4n) is 3.50. The second kappa shape index (κ2) is 6.44. The number of likely N-dealkylation sites (tertiary alicyclic amines) is 1. The molecule has 1 saturated heterocycles. The highest BCUT2D eigenvalue weighted by molar-refractivity contribution is 6.06. The van der Waals surface area contributed by atoms with E-state index in [0.29, 0.717) is 18.5 Å². The monoisotopic (exact) mass is 314 g/mol. The van der Waals surface area contributed by atoms with Gasteiger partial charge in [0.25, 0.3) is 5.91 Å². The largest absolute Gasteiger partial charge is 0.481 e. The third-order valence-electron chi connectivity index (χ3n) is 4.74. The molecular formula is C18H22N2O3. The van der Waals surface area contributed by atoms with Crippen LogP contribution in [-0.2, 0) is 11.8 Å². The summed E-state index contributed by atoms with van der Waals surface area (Å²) in [6.07, 6.45) is 5.54. The fourth-order valence-corrected chi connectivity index (χ4v) is 3.50. The molecule has 2 aromatic rings. The number of benzene rings is 1. The van der Waals surface area contributed by atoms with Crippen LogP contribution in [0.5, 0.6) is 0 Å². The van der Waals surface area contributed by atoms with Crippen LogP contribution in [0.1, 0.15) is 42.5 Å². The minimum Gasteiger partial charge on any atom is -0.481 e. The maximum absolute atomic E-state index is 13.0. The van der Waals surface area contributed by atoms with Gasteiger partial charge in [-0.25, -0.2) is 0 Å². The van der Waals surface area contributed by atoms with E-state index in [1.807, 2.05) is 47.0 Å². The average molecular weight is 314 g/mol. The number of hydrogen-bond donors (Lipinski definition) is 1. The van der Waals surface area contributed by atoms with Gasteiger partial charge in [0.1, 0.15) is 0 Å². The summed E-state index contributed by atoms with van der Waals surface area (Å²) in [5, 5.41) is 9.88. The molecule has 0 radical (unpaired) electrons. The molecule has 0 aliphatic carbocycles. The van der Waals surface area contributed by atoms with Gasteiger partial charge in [-0.3, -0.25) is 9.59 Å². The van der Waals surface area contributed by atoms with E-state index in [4.69, 9.17) is 5.11 Å². The summed E-state index contributed by atoms with van der Waals surface area (Å²) in [6.45, 7) is 0.715. The number of fused-ring (bicyclic) bond motifs is 1. The first kappa shape index (κ1) is 15.6. The maximum atomic E-state index is 13.0. The lowest BCUT2D eigenvalue weighted by Crippen LogP contribution is -2.44. The standard InChI is InChI=1S/C18H22N2O3/c1-19-12-10-14-15(6-4-7-16(14)19)18(23)20-11-3-2-5-13(20)8-9-17(21)22/h4,6-7,10,12-13H,2-3,5,8-9,11H2,1H3,(H,21,22). The van der Waals surface area contributed by atoms with Crippen molar-refractivity contribution in [2.24, 2.45) is 7.05 Å². The smallest absolute Gasteiger partial charge is 0.303 e. The summed E-state index contributed by atoms with van der Waals surface area (Å²) in [6, 6.07) is 7.79. The molecule has 1 N–H and O–H groups in total. The molecule has 1 amide bonds. The topological polar surface area (TPSA) is 62.5 Å². The Morgan fingerprint density at radius 1 is 1.26 bits per heavy atom. The van der Waals surface area contributed by atoms with Gasteiger partial charge < -0.3 is 14.6 Å². The van der Waals surface area contributed by atoms with Crippen LogP contribution in [0, 0.1) is 0 Å². The minimum atomic E-state index is -0.798. The van der Waals surface area contributed by atoms with Crippen LogP contribution in [0.4, 0.5) is 0 Å². The van der Waals surface area contributed by atoms with Gasteiger partial charge in [-0.2, -0.15) is 0 Å². The van der Waals surface area contributed by atoms with Crippen LogP contribution in [0.2, 0.25) is 0 Å². The molecule has 5 nitrogen and oxygen atoms in total. The van der Waals surface area contributed by atoms with Crippen LogP contribution in [0.15, 0.2) is 30.5 Å². The van der Waals surface area contributed by atoms with E-state index in [2.05, 4.69) is 0 Å². The SMILES string of the molecule is Cn1ccc2c(C(=O)N3CCCCC3CCC(=O)O)cccc21. The van der Waals surface area contributed by atoms with Crippen molar-refractivity contribution in [1.82, 2.24) is 9.47 Å². The predicted molar refractivity (Wildman–Crippen MR) is 88.5 cm³/mol. The van der Waals surface area contributed by atoms with Gasteiger partial charge in [-0.1, -0.05) is 6.07 Å². The van der Waals surface area contributed by atoms with Gasteiger partial charge in [0, 0.05) is 48.7 Å². The Hall–Kier alpha value is -2.30. The molecule has 23 heavy (non-hydrogen) atoms. The Labute approximate surface area is 135 Å². The van der Waals surface area contributed by atoms with Crippen molar-refractivity contribution < 1.29 is 14.7 Å². The van der Waals surface area contributed by atoms with Crippen LogP contribution >= 0.6 is 0 Å². The number of aryl methyl sites for hydroxylation is 1. The third-order valence-corrected chi connectivity index (χ3v) is 4.74. The molecule has 3 rings (SSSR count). The zero-order valence-electron chi connectivity index (χ0n) is 13.4. The summed E-state index contributed by atoms with van der Waals surface area (Å²) >= 11 is 0. The molecule has 0 spiro atoms. The van der Waals surface area contributed by atoms with Crippen LogP contribution < -0.4 is 0 Å². The van der Waals surface area contributed by atoms with E-state index in [1.165, 1.54) is 0 Å². The molecule has 1 aliphatic heterocycles.